The van der Waals surface area contributed by atoms with Crippen molar-refractivity contribution in [1.29, 1.82) is 0 Å². The van der Waals surface area contributed by atoms with Gasteiger partial charge in [-0.05, 0) is 85.8 Å². The number of urea groups is 1. The van der Waals surface area contributed by atoms with Gasteiger partial charge in [-0.2, -0.15) is 11.3 Å². The van der Waals surface area contributed by atoms with E-state index < -0.39 is 5.82 Å². The average molecular weight is 491 g/mol. The smallest absolute Gasteiger partial charge is 0.321 e. The van der Waals surface area contributed by atoms with Gasteiger partial charge < -0.3 is 20.0 Å². The molecule has 0 unspecified atom stereocenters. The highest BCUT2D eigenvalue weighted by atomic mass is 35.5. The molecule has 0 spiro atoms. The Morgan fingerprint density at radius 3 is 2.82 bits per heavy atom. The number of thiophene rings is 1. The van der Waals surface area contributed by atoms with Crippen LogP contribution >= 0.6 is 22.9 Å². The van der Waals surface area contributed by atoms with Crippen molar-refractivity contribution < 1.29 is 9.18 Å². The van der Waals surface area contributed by atoms with E-state index in [4.69, 9.17) is 11.6 Å². The lowest BCUT2D eigenvalue weighted by molar-refractivity contribution is 0.140. The van der Waals surface area contributed by atoms with Gasteiger partial charge in [0.25, 0.3) is 0 Å². The zero-order chi connectivity index (χ0) is 23.0. The van der Waals surface area contributed by atoms with E-state index in [0.29, 0.717) is 11.6 Å². The fourth-order valence-corrected chi connectivity index (χ4v) is 6.80. The van der Waals surface area contributed by atoms with Crippen LogP contribution < -0.4 is 5.32 Å². The van der Waals surface area contributed by atoms with E-state index >= 15 is 0 Å². The molecular weight excluding hydrogens is 459 g/mol. The lowest BCUT2D eigenvalue weighted by Gasteiger charge is -2.34. The lowest BCUT2D eigenvalue weighted by atomic mass is 9.96. The molecule has 0 bridgehead atoms. The van der Waals surface area contributed by atoms with Gasteiger partial charge in [-0.1, -0.05) is 11.6 Å². The van der Waals surface area contributed by atoms with Crippen molar-refractivity contribution in [2.75, 3.05) is 51.6 Å². The summed E-state index contributed by atoms with van der Waals surface area (Å²) in [6.45, 7) is 6.11. The summed E-state index contributed by atoms with van der Waals surface area (Å²) in [6.07, 6.45) is 4.30. The Morgan fingerprint density at radius 1 is 1.30 bits per heavy atom. The maximum Gasteiger partial charge on any atom is 0.322 e. The van der Waals surface area contributed by atoms with Crippen LogP contribution in [-0.4, -0.2) is 73.1 Å². The lowest BCUT2D eigenvalue weighted by Crippen LogP contribution is -2.47. The Hall–Kier alpha value is -1.67. The first-order valence-corrected chi connectivity index (χ1v) is 13.2. The van der Waals surface area contributed by atoms with Crippen molar-refractivity contribution in [3.8, 4) is 0 Å². The Labute approximate surface area is 204 Å². The number of rotatable bonds is 7. The monoisotopic (exact) mass is 490 g/mol. The molecule has 8 heteroatoms. The molecule has 1 aliphatic heterocycles. The molecule has 178 valence electrons. The number of nitrogens with zero attached hydrogens (tertiary/aromatic N) is 3. The second-order valence-electron chi connectivity index (χ2n) is 9.84. The summed E-state index contributed by atoms with van der Waals surface area (Å²) < 4.78 is 13.6. The van der Waals surface area contributed by atoms with Gasteiger partial charge in [-0.3, -0.25) is 0 Å². The number of carbonyl (C=O) groups is 1. The summed E-state index contributed by atoms with van der Waals surface area (Å²) >= 11 is 7.70. The third-order valence-electron chi connectivity index (χ3n) is 7.88. The molecule has 1 N–H and O–H groups in total. The van der Waals surface area contributed by atoms with E-state index in [-0.39, 0.29) is 22.5 Å². The van der Waals surface area contributed by atoms with Gasteiger partial charge in [0, 0.05) is 49.9 Å². The minimum absolute atomic E-state index is 0.0222. The normalized spacial score (nSPS) is 27.4. The Balaban J connectivity index is 1.27. The molecule has 2 saturated carbocycles. The number of piperazine rings is 1. The molecule has 0 radical (unpaired) electrons. The third kappa shape index (κ3) is 4.78. The highest BCUT2D eigenvalue weighted by Crippen LogP contribution is 2.65. The number of halogens is 2. The second-order valence-corrected chi connectivity index (χ2v) is 11.0. The molecule has 1 aromatic carbocycles. The van der Waals surface area contributed by atoms with Crippen molar-refractivity contribution in [3.05, 3.63) is 51.4 Å². The Bertz CT molecular complexity index is 981. The minimum Gasteiger partial charge on any atom is -0.321 e. The molecule has 2 aliphatic carbocycles. The van der Waals surface area contributed by atoms with E-state index in [1.807, 2.05) is 0 Å². The van der Waals surface area contributed by atoms with E-state index in [1.165, 1.54) is 24.1 Å². The van der Waals surface area contributed by atoms with Crippen molar-refractivity contribution in [3.63, 3.8) is 0 Å². The molecule has 2 aromatic rings. The number of likely N-dealkylation sites (N-methyl/N-ethyl adjacent to an activating group) is 1. The van der Waals surface area contributed by atoms with Crippen molar-refractivity contribution >= 4 is 34.7 Å². The fraction of sp³-hybridized carbons (Fsp3) is 0.560. The van der Waals surface area contributed by atoms with Crippen LogP contribution in [0.3, 0.4) is 0 Å². The molecule has 33 heavy (non-hydrogen) atoms. The molecule has 5 rings (SSSR count). The molecule has 1 saturated heterocycles. The van der Waals surface area contributed by atoms with Crippen LogP contribution in [0.5, 0.6) is 0 Å². The number of carbonyl (C=O) groups excluding carboxylic acids is 1. The second kappa shape index (κ2) is 9.53. The number of amides is 2. The summed E-state index contributed by atoms with van der Waals surface area (Å²) in [5.41, 5.74) is 2.25. The van der Waals surface area contributed by atoms with Gasteiger partial charge in [-0.15, -0.1) is 0 Å². The number of nitrogens with one attached hydrogen (secondary N) is 1. The van der Waals surface area contributed by atoms with Crippen LogP contribution in [-0.2, 0) is 5.41 Å². The van der Waals surface area contributed by atoms with Gasteiger partial charge in [-0.25, -0.2) is 9.18 Å². The average Bonchev–Trinajstić information content (AvgIpc) is 3.13. The zero-order valence-corrected chi connectivity index (χ0v) is 20.7. The number of hydrogen-bond donors (Lipinski definition) is 1. The number of anilines is 1. The van der Waals surface area contributed by atoms with Gasteiger partial charge in [0.05, 0.1) is 5.02 Å². The quantitative estimate of drug-likeness (QED) is 0.584. The largest absolute Gasteiger partial charge is 0.322 e. The molecule has 3 fully saturated rings. The molecule has 1 aromatic heterocycles. The molecular formula is C25H32ClFN4OS. The minimum atomic E-state index is -0.479. The fourth-order valence-electron chi connectivity index (χ4n) is 5.85. The first-order valence-electron chi connectivity index (χ1n) is 11.9. The van der Waals surface area contributed by atoms with Crippen LogP contribution in [0.15, 0.2) is 35.0 Å². The van der Waals surface area contributed by atoms with E-state index in [9.17, 15) is 9.18 Å². The van der Waals surface area contributed by atoms with E-state index in [2.05, 4.69) is 43.9 Å². The maximum absolute atomic E-state index is 13.6. The van der Waals surface area contributed by atoms with Gasteiger partial charge in [0.15, 0.2) is 0 Å². The molecule has 5 nitrogen and oxygen atoms in total. The van der Waals surface area contributed by atoms with Crippen LogP contribution in [0.1, 0.15) is 31.2 Å². The topological polar surface area (TPSA) is 38.8 Å². The zero-order valence-electron chi connectivity index (χ0n) is 19.1. The maximum atomic E-state index is 13.6. The van der Waals surface area contributed by atoms with Gasteiger partial charge in [0.1, 0.15) is 5.82 Å². The highest BCUT2D eigenvalue weighted by Gasteiger charge is 2.64. The Kier molecular flexibility index (Phi) is 6.67. The van der Waals surface area contributed by atoms with Crippen molar-refractivity contribution in [1.82, 2.24) is 14.7 Å². The first-order chi connectivity index (χ1) is 16.0. The highest BCUT2D eigenvalue weighted by molar-refractivity contribution is 7.08. The van der Waals surface area contributed by atoms with Crippen LogP contribution in [0.4, 0.5) is 14.9 Å². The summed E-state index contributed by atoms with van der Waals surface area (Å²) in [6, 6.07) is 6.75. The summed E-state index contributed by atoms with van der Waals surface area (Å²) in [4.78, 5) is 20.3. The SMILES string of the molecule is CN1CCN(CCCN(C(=O)Nc2ccc(F)c(Cl)c2)[C@@H]2CC[C@]3(c4ccsc4)C[C@H]23)CC1. The molecule has 3 atom stereocenters. The predicted octanol–water partition coefficient (Wildman–Crippen LogP) is 5.13. The van der Waals surface area contributed by atoms with Crippen LogP contribution in [0, 0.1) is 11.7 Å². The standard InChI is InChI=1S/C25H32ClFN4OS/c1-29-10-12-30(13-11-29)8-2-9-31(24(32)28-19-3-4-22(27)21(26)15-19)23-5-7-25(16-20(23)25)18-6-14-33-17-18/h3-4,6,14-15,17,20,23H,2,5,7-13,16H2,1H3,(H,28,32)/t20-,23-,25-/m1/s1. The van der Waals surface area contributed by atoms with E-state index in [0.717, 1.165) is 58.5 Å². The molecule has 3 aliphatic rings. The molecule has 2 amide bonds. The first kappa shape index (κ1) is 23.1. The van der Waals surface area contributed by atoms with E-state index in [1.54, 1.807) is 17.4 Å². The summed E-state index contributed by atoms with van der Waals surface area (Å²) in [5.74, 6) is 0.0475. The van der Waals surface area contributed by atoms with Crippen molar-refractivity contribution in [2.45, 2.75) is 37.1 Å². The number of benzene rings is 1. The summed E-state index contributed by atoms with van der Waals surface area (Å²) in [7, 11) is 2.17. The third-order valence-corrected chi connectivity index (χ3v) is 8.85. The van der Waals surface area contributed by atoms with Gasteiger partial charge >= 0.3 is 6.03 Å². The summed E-state index contributed by atoms with van der Waals surface area (Å²) in [5, 5.41) is 7.44. The predicted molar refractivity (Wildman–Crippen MR) is 133 cm³/mol. The number of hydrogen-bond acceptors (Lipinski definition) is 4. The van der Waals surface area contributed by atoms with Crippen LogP contribution in [0.2, 0.25) is 5.02 Å². The van der Waals surface area contributed by atoms with Gasteiger partial charge in [0.2, 0.25) is 0 Å². The van der Waals surface area contributed by atoms with Crippen LogP contribution in [0.25, 0.3) is 0 Å². The number of fused-ring (bicyclic) bond motifs is 1. The Morgan fingerprint density at radius 2 is 2.12 bits per heavy atom. The van der Waals surface area contributed by atoms with Crippen molar-refractivity contribution in [2.24, 2.45) is 5.92 Å². The molecule has 2 heterocycles.